The van der Waals surface area contributed by atoms with E-state index in [0.29, 0.717) is 23.7 Å². The van der Waals surface area contributed by atoms with Crippen LogP contribution < -0.4 is 9.64 Å². The molecule has 0 bridgehead atoms. The molecule has 0 spiro atoms. The minimum absolute atomic E-state index is 0.0114. The van der Waals surface area contributed by atoms with Gasteiger partial charge in [0, 0.05) is 23.1 Å². The number of benzene rings is 2. The van der Waals surface area contributed by atoms with Crippen molar-refractivity contribution in [1.29, 1.82) is 0 Å². The number of ether oxygens (including phenoxy) is 1. The summed E-state index contributed by atoms with van der Waals surface area (Å²) < 4.78 is 5.50. The van der Waals surface area contributed by atoms with E-state index in [2.05, 4.69) is 12.1 Å². The van der Waals surface area contributed by atoms with Gasteiger partial charge in [0.2, 0.25) is 5.78 Å². The molecule has 0 radical (unpaired) electrons. The average molecular weight is 409 g/mol. The van der Waals surface area contributed by atoms with Crippen LogP contribution in [0.4, 0.5) is 0 Å². The van der Waals surface area contributed by atoms with E-state index in [4.69, 9.17) is 4.74 Å². The summed E-state index contributed by atoms with van der Waals surface area (Å²) in [5.41, 5.74) is 3.64. The number of ketones is 2. The van der Waals surface area contributed by atoms with Crippen molar-refractivity contribution in [2.24, 2.45) is 0 Å². The summed E-state index contributed by atoms with van der Waals surface area (Å²) in [6.07, 6.45) is 6.98. The lowest BCUT2D eigenvalue weighted by Gasteiger charge is -2.23. The number of methoxy groups -OCH3 is 1. The highest BCUT2D eigenvalue weighted by Crippen LogP contribution is 2.32. The van der Waals surface area contributed by atoms with E-state index in [-0.39, 0.29) is 17.6 Å². The summed E-state index contributed by atoms with van der Waals surface area (Å²) in [5.74, 6) is 1.49. The highest BCUT2D eigenvalue weighted by atomic mass is 16.5. The topological polar surface area (TPSA) is 47.8 Å². The van der Waals surface area contributed by atoms with Crippen molar-refractivity contribution in [2.75, 3.05) is 21.2 Å². The molecule has 3 rings (SSSR count). The van der Waals surface area contributed by atoms with Crippen molar-refractivity contribution in [3.8, 4) is 5.75 Å². The smallest absolute Gasteiger partial charge is 0.220 e. The van der Waals surface area contributed by atoms with Crippen LogP contribution in [0, 0.1) is 0 Å². The summed E-state index contributed by atoms with van der Waals surface area (Å²) >= 11 is 0. The van der Waals surface area contributed by atoms with Crippen LogP contribution in [0.2, 0.25) is 0 Å². The minimum Gasteiger partial charge on any atom is -0.496 e. The number of hydrogen-bond donors (Lipinski definition) is 1. The maximum absolute atomic E-state index is 13.4. The van der Waals surface area contributed by atoms with Gasteiger partial charge in [-0.25, -0.2) is 0 Å². The van der Waals surface area contributed by atoms with Crippen LogP contribution in [0.15, 0.2) is 42.5 Å². The molecule has 1 aliphatic rings. The molecule has 0 unspecified atom stereocenters. The average Bonchev–Trinajstić information content (AvgIpc) is 2.77. The van der Waals surface area contributed by atoms with E-state index in [1.165, 1.54) is 37.7 Å². The molecule has 30 heavy (non-hydrogen) atoms. The Morgan fingerprint density at radius 1 is 1.00 bits per heavy atom. The van der Waals surface area contributed by atoms with Crippen molar-refractivity contribution < 1.29 is 19.2 Å². The fourth-order valence-corrected chi connectivity index (χ4v) is 4.49. The van der Waals surface area contributed by atoms with Gasteiger partial charge in [-0.15, -0.1) is 0 Å². The Kier molecular flexibility index (Phi) is 7.43. The summed E-state index contributed by atoms with van der Waals surface area (Å²) in [7, 11) is 5.62. The molecule has 0 aliphatic heterocycles. The SMILES string of the molecule is COc1ccc(C(C)=O)cc1C[C@H](C(=O)c1ccc(C2CCCCC2)cc1)[NH+](C)C. The van der Waals surface area contributed by atoms with Gasteiger partial charge in [-0.3, -0.25) is 9.59 Å². The molecule has 0 saturated heterocycles. The molecule has 2 aromatic carbocycles. The first-order valence-electron chi connectivity index (χ1n) is 11.0. The van der Waals surface area contributed by atoms with Crippen LogP contribution >= 0.6 is 0 Å². The predicted octanol–water partition coefficient (Wildman–Crippen LogP) is 3.88. The Morgan fingerprint density at radius 3 is 2.20 bits per heavy atom. The predicted molar refractivity (Wildman–Crippen MR) is 120 cm³/mol. The monoisotopic (exact) mass is 408 g/mol. The molecular formula is C26H34NO3+. The second kappa shape index (κ2) is 10.0. The normalized spacial score (nSPS) is 15.8. The van der Waals surface area contributed by atoms with E-state index in [0.717, 1.165) is 16.0 Å². The second-order valence-corrected chi connectivity index (χ2v) is 8.74. The molecule has 0 aromatic heterocycles. The number of rotatable bonds is 8. The lowest BCUT2D eigenvalue weighted by molar-refractivity contribution is -0.874. The summed E-state index contributed by atoms with van der Waals surface area (Å²) in [6.45, 7) is 1.55. The molecular weight excluding hydrogens is 374 g/mol. The second-order valence-electron chi connectivity index (χ2n) is 8.74. The van der Waals surface area contributed by atoms with Crippen LogP contribution in [-0.2, 0) is 6.42 Å². The van der Waals surface area contributed by atoms with Crippen LogP contribution in [0.3, 0.4) is 0 Å². The van der Waals surface area contributed by atoms with Gasteiger partial charge in [-0.2, -0.15) is 0 Å². The fraction of sp³-hybridized carbons (Fsp3) is 0.462. The maximum atomic E-state index is 13.4. The maximum Gasteiger partial charge on any atom is 0.220 e. The number of quaternary nitrogens is 1. The molecule has 0 heterocycles. The molecule has 2 aromatic rings. The van der Waals surface area contributed by atoms with Gasteiger partial charge in [0.15, 0.2) is 11.8 Å². The van der Waals surface area contributed by atoms with E-state index in [1.54, 1.807) is 20.1 Å². The van der Waals surface area contributed by atoms with Gasteiger partial charge in [0.25, 0.3) is 0 Å². The van der Waals surface area contributed by atoms with Crippen LogP contribution in [0.25, 0.3) is 0 Å². The summed E-state index contributed by atoms with van der Waals surface area (Å²) in [6, 6.07) is 13.5. The first-order valence-corrected chi connectivity index (χ1v) is 11.0. The molecule has 1 atom stereocenters. The molecule has 160 valence electrons. The number of likely N-dealkylation sites (N-methyl/N-ethyl adjacent to an activating group) is 1. The number of carbonyl (C=O) groups excluding carboxylic acids is 2. The largest absolute Gasteiger partial charge is 0.496 e. The minimum atomic E-state index is -0.248. The number of carbonyl (C=O) groups is 2. The van der Waals surface area contributed by atoms with Gasteiger partial charge >= 0.3 is 0 Å². The molecule has 1 N–H and O–H groups in total. The van der Waals surface area contributed by atoms with Crippen LogP contribution in [0.1, 0.15) is 76.8 Å². The lowest BCUT2D eigenvalue weighted by Crippen LogP contribution is -3.11. The lowest BCUT2D eigenvalue weighted by atomic mass is 9.83. The van der Waals surface area contributed by atoms with E-state index in [9.17, 15) is 9.59 Å². The van der Waals surface area contributed by atoms with E-state index >= 15 is 0 Å². The van der Waals surface area contributed by atoms with Crippen molar-refractivity contribution in [3.63, 3.8) is 0 Å². The van der Waals surface area contributed by atoms with E-state index in [1.807, 2.05) is 38.4 Å². The van der Waals surface area contributed by atoms with Gasteiger partial charge in [-0.1, -0.05) is 43.5 Å². The summed E-state index contributed by atoms with van der Waals surface area (Å²) in [4.78, 5) is 26.3. The van der Waals surface area contributed by atoms with Gasteiger partial charge in [-0.05, 0) is 49.4 Å². The standard InChI is InChI=1S/C26H33NO3/c1-18(28)22-14-15-25(30-4)23(16-22)17-24(27(2)3)26(29)21-12-10-20(11-13-21)19-8-6-5-7-9-19/h10-16,19,24H,5-9,17H2,1-4H3/p+1/t24-/m1/s1. The third-order valence-electron chi connectivity index (χ3n) is 6.40. The molecule has 1 aliphatic carbocycles. The van der Waals surface area contributed by atoms with Gasteiger partial charge < -0.3 is 9.64 Å². The molecule has 1 fully saturated rings. The quantitative estimate of drug-likeness (QED) is 0.674. The third-order valence-corrected chi connectivity index (χ3v) is 6.40. The Morgan fingerprint density at radius 2 is 1.63 bits per heavy atom. The van der Waals surface area contributed by atoms with Crippen molar-refractivity contribution in [2.45, 2.75) is 57.4 Å². The fourth-order valence-electron chi connectivity index (χ4n) is 4.49. The first-order chi connectivity index (χ1) is 14.4. The zero-order chi connectivity index (χ0) is 21.7. The van der Waals surface area contributed by atoms with Crippen molar-refractivity contribution in [3.05, 3.63) is 64.7 Å². The molecule has 4 heteroatoms. The van der Waals surface area contributed by atoms with Crippen molar-refractivity contribution in [1.82, 2.24) is 0 Å². The van der Waals surface area contributed by atoms with Crippen molar-refractivity contribution >= 4 is 11.6 Å². The zero-order valence-electron chi connectivity index (χ0n) is 18.7. The number of Topliss-reactive ketones (excluding diaryl/α,β-unsaturated/α-hetero) is 2. The molecule has 0 amide bonds. The highest BCUT2D eigenvalue weighted by molar-refractivity contribution is 5.99. The Labute approximate surface area is 180 Å². The molecule has 1 saturated carbocycles. The zero-order valence-corrected chi connectivity index (χ0v) is 18.7. The Balaban J connectivity index is 1.82. The summed E-state index contributed by atoms with van der Waals surface area (Å²) in [5, 5.41) is 0. The van der Waals surface area contributed by atoms with Crippen LogP contribution in [-0.4, -0.2) is 38.8 Å². The Bertz CT molecular complexity index is 880. The van der Waals surface area contributed by atoms with E-state index < -0.39 is 0 Å². The highest BCUT2D eigenvalue weighted by Gasteiger charge is 2.28. The Hall–Kier alpha value is -2.46. The molecule has 4 nitrogen and oxygen atoms in total. The number of hydrogen-bond acceptors (Lipinski definition) is 3. The van der Waals surface area contributed by atoms with Crippen LogP contribution in [0.5, 0.6) is 5.75 Å². The van der Waals surface area contributed by atoms with Gasteiger partial charge in [0.1, 0.15) is 5.75 Å². The first kappa shape index (κ1) is 22.2. The third kappa shape index (κ3) is 5.17. The van der Waals surface area contributed by atoms with Gasteiger partial charge in [0.05, 0.1) is 21.2 Å². The number of nitrogens with one attached hydrogen (secondary N) is 1.